The summed E-state index contributed by atoms with van der Waals surface area (Å²) in [5.41, 5.74) is 4.62. The molecule has 6 nitrogen and oxygen atoms in total. The van der Waals surface area contributed by atoms with Crippen LogP contribution in [0.3, 0.4) is 0 Å². The average molecular weight is 453 g/mol. The number of anilines is 3. The van der Waals surface area contributed by atoms with Gasteiger partial charge in [-0.05, 0) is 61.4 Å². The van der Waals surface area contributed by atoms with Crippen molar-refractivity contribution >= 4 is 28.7 Å². The lowest BCUT2D eigenvalue weighted by Gasteiger charge is -2.53. The third kappa shape index (κ3) is 3.01. The summed E-state index contributed by atoms with van der Waals surface area (Å²) in [7, 11) is 1.68. The van der Waals surface area contributed by atoms with Crippen LogP contribution in [0.2, 0.25) is 0 Å². The highest BCUT2D eigenvalue weighted by Crippen LogP contribution is 2.48. The molecule has 3 aromatic rings. The van der Waals surface area contributed by atoms with Gasteiger partial charge in [0.15, 0.2) is 0 Å². The molecule has 0 aliphatic carbocycles. The molecule has 3 aliphatic heterocycles. The Bertz CT molecular complexity index is 1260. The number of amides is 1. The monoisotopic (exact) mass is 452 g/mol. The number of hydrogen-bond acceptors (Lipinski definition) is 5. The Balaban J connectivity index is 1.42. The summed E-state index contributed by atoms with van der Waals surface area (Å²) in [6.45, 7) is 4.52. The van der Waals surface area contributed by atoms with Crippen molar-refractivity contribution < 1.29 is 9.53 Å². The van der Waals surface area contributed by atoms with Crippen LogP contribution in [0.4, 0.5) is 17.1 Å². The number of methoxy groups -OCH3 is 1. The second-order valence-electron chi connectivity index (χ2n) is 9.27. The molecule has 2 atom stereocenters. The summed E-state index contributed by atoms with van der Waals surface area (Å²) in [6.07, 6.45) is 0.665. The van der Waals surface area contributed by atoms with E-state index in [0.29, 0.717) is 6.42 Å². The minimum Gasteiger partial charge on any atom is -0.497 e. The maximum absolute atomic E-state index is 14.2. The molecular weight excluding hydrogens is 424 g/mol. The Hall–Kier alpha value is -3.80. The number of ether oxygens (including phenoxy) is 1. The number of hydrazone groups is 1. The summed E-state index contributed by atoms with van der Waals surface area (Å²) >= 11 is 0. The summed E-state index contributed by atoms with van der Waals surface area (Å²) < 4.78 is 5.35. The van der Waals surface area contributed by atoms with Crippen LogP contribution in [-0.4, -0.2) is 44.4 Å². The van der Waals surface area contributed by atoms with Crippen molar-refractivity contribution in [3.63, 3.8) is 0 Å². The molecular formula is C28H28N4O2. The van der Waals surface area contributed by atoms with Crippen LogP contribution in [-0.2, 0) is 11.2 Å². The molecule has 6 heteroatoms. The first-order valence-electron chi connectivity index (χ1n) is 11.8. The Morgan fingerprint density at radius 1 is 0.912 bits per heavy atom. The number of para-hydroxylation sites is 2. The van der Waals surface area contributed by atoms with E-state index in [2.05, 4.69) is 46.2 Å². The molecule has 3 aliphatic rings. The van der Waals surface area contributed by atoms with E-state index < -0.39 is 5.41 Å². The molecule has 1 saturated heterocycles. The number of piperazine rings is 1. The highest BCUT2D eigenvalue weighted by atomic mass is 16.5. The topological polar surface area (TPSA) is 48.4 Å². The van der Waals surface area contributed by atoms with Gasteiger partial charge in [-0.15, -0.1) is 0 Å². The molecule has 0 N–H and O–H groups in total. The van der Waals surface area contributed by atoms with Crippen LogP contribution in [0.15, 0.2) is 84.0 Å². The molecule has 3 aromatic carbocycles. The van der Waals surface area contributed by atoms with Crippen LogP contribution >= 0.6 is 0 Å². The smallest absolute Gasteiger partial charge is 0.261 e. The van der Waals surface area contributed by atoms with Crippen LogP contribution in [0.1, 0.15) is 12.5 Å². The third-order valence-corrected chi connectivity index (χ3v) is 7.63. The van der Waals surface area contributed by atoms with Crippen molar-refractivity contribution in [1.82, 2.24) is 0 Å². The van der Waals surface area contributed by atoms with Crippen LogP contribution in [0, 0.1) is 5.41 Å². The van der Waals surface area contributed by atoms with E-state index in [0.717, 1.165) is 42.5 Å². The Morgan fingerprint density at radius 2 is 1.65 bits per heavy atom. The van der Waals surface area contributed by atoms with E-state index in [1.807, 2.05) is 49.4 Å². The van der Waals surface area contributed by atoms with E-state index in [-0.39, 0.29) is 11.9 Å². The minimum absolute atomic E-state index is 0.0109. The maximum atomic E-state index is 14.2. The van der Waals surface area contributed by atoms with Crippen molar-refractivity contribution in [2.45, 2.75) is 19.4 Å². The Labute approximate surface area is 200 Å². The van der Waals surface area contributed by atoms with Crippen molar-refractivity contribution in [3.8, 4) is 5.75 Å². The predicted molar refractivity (Wildman–Crippen MR) is 136 cm³/mol. The molecule has 1 fully saturated rings. The van der Waals surface area contributed by atoms with Gasteiger partial charge in [-0.3, -0.25) is 4.79 Å². The number of carbonyl (C=O) groups excluding carboxylic acids is 1. The maximum Gasteiger partial charge on any atom is 0.261 e. The zero-order valence-corrected chi connectivity index (χ0v) is 19.5. The Kier molecular flexibility index (Phi) is 4.83. The molecule has 0 aromatic heterocycles. The van der Waals surface area contributed by atoms with E-state index in [9.17, 15) is 4.79 Å². The number of carbonyl (C=O) groups is 1. The number of rotatable bonds is 3. The first-order chi connectivity index (χ1) is 16.6. The second kappa shape index (κ2) is 7.90. The van der Waals surface area contributed by atoms with Gasteiger partial charge in [0.05, 0.1) is 24.6 Å². The Morgan fingerprint density at radius 3 is 2.41 bits per heavy atom. The third-order valence-electron chi connectivity index (χ3n) is 7.63. The van der Waals surface area contributed by atoms with E-state index in [1.54, 1.807) is 12.1 Å². The zero-order valence-electron chi connectivity index (χ0n) is 19.5. The first-order valence-corrected chi connectivity index (χ1v) is 11.8. The highest BCUT2D eigenvalue weighted by Gasteiger charge is 2.59. The number of nitrogens with zero attached hydrogens (tertiary/aromatic N) is 4. The van der Waals surface area contributed by atoms with Gasteiger partial charge < -0.3 is 14.5 Å². The lowest BCUT2D eigenvalue weighted by molar-refractivity contribution is -0.125. The van der Waals surface area contributed by atoms with Gasteiger partial charge in [-0.2, -0.15) is 10.1 Å². The predicted octanol–water partition coefficient (Wildman–Crippen LogP) is 4.36. The van der Waals surface area contributed by atoms with Gasteiger partial charge in [0.1, 0.15) is 11.2 Å². The molecule has 34 heavy (non-hydrogen) atoms. The lowest BCUT2D eigenvalue weighted by atomic mass is 9.67. The summed E-state index contributed by atoms with van der Waals surface area (Å²) in [6, 6.07) is 26.5. The average Bonchev–Trinajstić information content (AvgIpc) is 3.14. The molecule has 0 saturated carbocycles. The molecule has 0 radical (unpaired) electrons. The van der Waals surface area contributed by atoms with Gasteiger partial charge >= 0.3 is 0 Å². The fourth-order valence-electron chi connectivity index (χ4n) is 5.84. The SMILES string of the molecule is COc1ccc(N2CCN3c4ccccc4C[C@]4(C(=O)N(c5ccccc5)N=C4C)[C@H]3C2)cc1. The minimum atomic E-state index is -0.699. The fraction of sp³-hybridized carbons (Fsp3) is 0.286. The van der Waals surface area contributed by atoms with E-state index in [4.69, 9.17) is 9.84 Å². The molecule has 6 rings (SSSR count). The van der Waals surface area contributed by atoms with Gasteiger partial charge in [-0.1, -0.05) is 36.4 Å². The fourth-order valence-corrected chi connectivity index (χ4v) is 5.84. The normalized spacial score (nSPS) is 23.6. The second-order valence-corrected chi connectivity index (χ2v) is 9.27. The summed E-state index contributed by atoms with van der Waals surface area (Å²) in [5.74, 6) is 0.912. The van der Waals surface area contributed by atoms with E-state index >= 15 is 0 Å². The van der Waals surface area contributed by atoms with Crippen LogP contribution in [0.25, 0.3) is 0 Å². The molecule has 0 unspecified atom stereocenters. The van der Waals surface area contributed by atoms with Crippen LogP contribution in [0.5, 0.6) is 5.75 Å². The van der Waals surface area contributed by atoms with E-state index in [1.165, 1.54) is 11.3 Å². The quantitative estimate of drug-likeness (QED) is 0.593. The highest BCUT2D eigenvalue weighted by molar-refractivity contribution is 6.20. The summed E-state index contributed by atoms with van der Waals surface area (Å²) in [5, 5.41) is 6.46. The zero-order chi connectivity index (χ0) is 23.3. The van der Waals surface area contributed by atoms with Crippen molar-refractivity contribution in [2.24, 2.45) is 10.5 Å². The largest absolute Gasteiger partial charge is 0.497 e. The number of fused-ring (bicyclic) bond motifs is 4. The van der Waals surface area contributed by atoms with Gasteiger partial charge in [0.2, 0.25) is 0 Å². The molecule has 3 heterocycles. The van der Waals surface area contributed by atoms with Crippen molar-refractivity contribution in [1.29, 1.82) is 0 Å². The number of hydrogen-bond donors (Lipinski definition) is 0. The molecule has 1 amide bonds. The van der Waals surface area contributed by atoms with Crippen LogP contribution < -0.4 is 19.5 Å². The first kappa shape index (κ1) is 20.8. The van der Waals surface area contributed by atoms with Gasteiger partial charge in [-0.25, -0.2) is 0 Å². The standard InChI is InChI=1S/C28H28N4O2/c1-20-28(27(33)32(29-20)23-9-4-3-5-10-23)18-21-8-6-7-11-25(21)31-17-16-30(19-26(28)31)22-12-14-24(34-2)15-13-22/h3-15,26H,16-19H2,1-2H3/t26-,28-/m1/s1. The lowest BCUT2D eigenvalue weighted by Crippen LogP contribution is -2.67. The van der Waals surface area contributed by atoms with Crippen molar-refractivity contribution in [3.05, 3.63) is 84.4 Å². The van der Waals surface area contributed by atoms with Gasteiger partial charge in [0.25, 0.3) is 5.91 Å². The molecule has 0 bridgehead atoms. The molecule has 1 spiro atoms. The van der Waals surface area contributed by atoms with Crippen molar-refractivity contribution in [2.75, 3.05) is 41.6 Å². The summed E-state index contributed by atoms with van der Waals surface area (Å²) in [4.78, 5) is 19.1. The number of benzene rings is 3. The molecule has 172 valence electrons. The van der Waals surface area contributed by atoms with Gasteiger partial charge in [0, 0.05) is 31.0 Å².